The molecule has 0 aromatic carbocycles. The molecule has 0 aliphatic carbocycles. The van der Waals surface area contributed by atoms with Crippen LogP contribution in [0.25, 0.3) is 0 Å². The second kappa shape index (κ2) is 44.6. The van der Waals surface area contributed by atoms with Gasteiger partial charge in [0.15, 0.2) is 0 Å². The van der Waals surface area contributed by atoms with E-state index in [9.17, 15) is 9.59 Å². The van der Waals surface area contributed by atoms with Crippen LogP contribution in [0.2, 0.25) is 0 Å². The van der Waals surface area contributed by atoms with Crippen LogP contribution in [-0.4, -0.2) is 23.1 Å². The van der Waals surface area contributed by atoms with Gasteiger partial charge in [0.2, 0.25) is 0 Å². The molecular formula is C49H90O4. The first-order chi connectivity index (χ1) is 26.1. The normalized spacial score (nSPS) is 12.5. The van der Waals surface area contributed by atoms with Crippen molar-refractivity contribution < 1.29 is 19.4 Å². The molecule has 1 unspecified atom stereocenters. The summed E-state index contributed by atoms with van der Waals surface area (Å²) in [5.74, 6) is -0.779. The molecule has 0 fully saturated rings. The molecule has 1 atom stereocenters. The largest absolute Gasteiger partial charge is 0.481 e. The molecule has 0 bridgehead atoms. The Morgan fingerprint density at radius 1 is 0.434 bits per heavy atom. The molecule has 0 aromatic rings. The van der Waals surface area contributed by atoms with Crippen LogP contribution in [-0.2, 0) is 14.3 Å². The Balaban J connectivity index is 3.88. The molecule has 0 spiro atoms. The van der Waals surface area contributed by atoms with E-state index < -0.39 is 5.97 Å². The lowest BCUT2D eigenvalue weighted by Crippen LogP contribution is -2.16. The number of allylic oxidation sites excluding steroid dienone is 5. The molecule has 0 saturated carbocycles. The summed E-state index contributed by atoms with van der Waals surface area (Å²) in [6, 6.07) is 0. The van der Waals surface area contributed by atoms with Crippen LogP contribution in [0.5, 0.6) is 0 Å². The molecule has 0 aliphatic rings. The van der Waals surface area contributed by atoms with E-state index in [-0.39, 0.29) is 18.5 Å². The van der Waals surface area contributed by atoms with Gasteiger partial charge in [-0.2, -0.15) is 0 Å². The number of ether oxygens (including phenoxy) is 1. The fourth-order valence-corrected chi connectivity index (χ4v) is 7.11. The first kappa shape index (κ1) is 51.2. The average molecular weight is 743 g/mol. The van der Waals surface area contributed by atoms with Gasteiger partial charge in [0, 0.05) is 12.8 Å². The van der Waals surface area contributed by atoms with Gasteiger partial charge in [0.25, 0.3) is 0 Å². The molecule has 4 heteroatoms. The smallest absolute Gasteiger partial charge is 0.306 e. The summed E-state index contributed by atoms with van der Waals surface area (Å²) < 4.78 is 5.92. The summed E-state index contributed by atoms with van der Waals surface area (Å²) >= 11 is 0. The Hall–Kier alpha value is -1.84. The third-order valence-corrected chi connectivity index (χ3v) is 10.6. The zero-order valence-electron chi connectivity index (χ0n) is 35.6. The lowest BCUT2D eigenvalue weighted by Gasteiger charge is -2.14. The van der Waals surface area contributed by atoms with Gasteiger partial charge in [-0.3, -0.25) is 9.59 Å². The number of carbonyl (C=O) groups excluding carboxylic acids is 1. The number of hydrogen-bond acceptors (Lipinski definition) is 3. The zero-order chi connectivity index (χ0) is 38.6. The number of carbonyl (C=O) groups is 2. The van der Waals surface area contributed by atoms with E-state index in [1.54, 1.807) is 0 Å². The lowest BCUT2D eigenvalue weighted by atomic mass is 10.0. The topological polar surface area (TPSA) is 63.6 Å². The van der Waals surface area contributed by atoms with Crippen LogP contribution in [0.3, 0.4) is 0 Å². The Morgan fingerprint density at radius 2 is 0.792 bits per heavy atom. The maximum absolute atomic E-state index is 12.7. The lowest BCUT2D eigenvalue weighted by molar-refractivity contribution is -0.147. The molecule has 310 valence electrons. The molecule has 0 aromatic heterocycles. The maximum atomic E-state index is 12.7. The number of hydrogen-bond donors (Lipinski definition) is 1. The Morgan fingerprint density at radius 3 is 1.25 bits per heavy atom. The molecule has 53 heavy (non-hydrogen) atoms. The third kappa shape index (κ3) is 44.4. The van der Waals surface area contributed by atoms with E-state index in [1.807, 2.05) is 0 Å². The monoisotopic (exact) mass is 743 g/mol. The highest BCUT2D eigenvalue weighted by Crippen LogP contribution is 2.17. The van der Waals surface area contributed by atoms with Crippen LogP contribution in [0.1, 0.15) is 258 Å². The van der Waals surface area contributed by atoms with Gasteiger partial charge in [0.05, 0.1) is 0 Å². The van der Waals surface area contributed by atoms with Gasteiger partial charge in [0.1, 0.15) is 6.10 Å². The van der Waals surface area contributed by atoms with E-state index >= 15 is 0 Å². The summed E-state index contributed by atoms with van der Waals surface area (Å²) in [6.45, 7) is 4.53. The van der Waals surface area contributed by atoms with Crippen molar-refractivity contribution >= 4 is 11.9 Å². The summed E-state index contributed by atoms with van der Waals surface area (Å²) in [4.78, 5) is 23.4. The molecule has 0 amide bonds. The highest BCUT2D eigenvalue weighted by Gasteiger charge is 2.11. The second-order valence-electron chi connectivity index (χ2n) is 15.9. The fourth-order valence-electron chi connectivity index (χ4n) is 7.11. The second-order valence-corrected chi connectivity index (χ2v) is 15.9. The summed E-state index contributed by atoms with van der Waals surface area (Å²) in [5.41, 5.74) is 0. The standard InChI is InChI=1S/C49H90O4/c1-3-5-7-9-11-13-15-16-17-18-19-20-21-22-23-24-25-26-27-29-31-33-38-42-46-49(52)53-47(44-40-36-34-37-41-45-48(50)51)43-39-35-32-30-28-14-12-10-8-6-4-2/h12,14,30,32,39,43,47H,3-11,13,15-29,31,33-38,40-42,44-46H2,1-2H3,(H,50,51)/b14-12-,32-30-,43-39-. The Kier molecular flexibility index (Phi) is 43.0. The molecule has 0 radical (unpaired) electrons. The van der Waals surface area contributed by atoms with Crippen molar-refractivity contribution in [2.24, 2.45) is 0 Å². The van der Waals surface area contributed by atoms with Crippen LogP contribution in [0, 0.1) is 0 Å². The Labute approximate surface area is 330 Å². The van der Waals surface area contributed by atoms with Crippen molar-refractivity contribution in [2.45, 2.75) is 264 Å². The Bertz CT molecular complexity index is 843. The van der Waals surface area contributed by atoms with Crippen molar-refractivity contribution in [3.05, 3.63) is 36.5 Å². The van der Waals surface area contributed by atoms with Gasteiger partial charge in [-0.25, -0.2) is 0 Å². The molecule has 1 N–H and O–H groups in total. The highest BCUT2D eigenvalue weighted by atomic mass is 16.5. The number of aliphatic carboxylic acids is 1. The van der Waals surface area contributed by atoms with Crippen molar-refractivity contribution in [3.8, 4) is 0 Å². The van der Waals surface area contributed by atoms with Crippen molar-refractivity contribution in [1.82, 2.24) is 0 Å². The maximum Gasteiger partial charge on any atom is 0.306 e. The first-order valence-corrected chi connectivity index (χ1v) is 23.5. The third-order valence-electron chi connectivity index (χ3n) is 10.6. The zero-order valence-corrected chi connectivity index (χ0v) is 35.6. The predicted molar refractivity (Wildman–Crippen MR) is 232 cm³/mol. The number of carboxylic acids is 1. The molecule has 0 heterocycles. The SMILES string of the molecule is CCCCC/C=C\C/C=C\C/C=C\C(CCCCCCCC(=O)O)OC(=O)CCCCCCCCCCCCCCCCCCCCCCCCCC. The number of rotatable bonds is 43. The number of esters is 1. The number of unbranched alkanes of at least 4 members (excludes halogenated alkanes) is 30. The first-order valence-electron chi connectivity index (χ1n) is 23.5. The van der Waals surface area contributed by atoms with Gasteiger partial charge in [-0.15, -0.1) is 0 Å². The predicted octanol–water partition coefficient (Wildman–Crippen LogP) is 16.5. The van der Waals surface area contributed by atoms with Gasteiger partial charge >= 0.3 is 11.9 Å². The van der Waals surface area contributed by atoms with Crippen molar-refractivity contribution in [1.29, 1.82) is 0 Å². The van der Waals surface area contributed by atoms with Crippen molar-refractivity contribution in [2.75, 3.05) is 0 Å². The molecule has 4 nitrogen and oxygen atoms in total. The minimum Gasteiger partial charge on any atom is -0.481 e. The summed E-state index contributed by atoms with van der Waals surface area (Å²) in [6.07, 6.45) is 59.3. The van der Waals surface area contributed by atoms with E-state index in [2.05, 4.69) is 50.3 Å². The van der Waals surface area contributed by atoms with Gasteiger partial charge in [-0.1, -0.05) is 224 Å². The van der Waals surface area contributed by atoms with E-state index in [0.29, 0.717) is 6.42 Å². The summed E-state index contributed by atoms with van der Waals surface area (Å²) in [7, 11) is 0. The van der Waals surface area contributed by atoms with Crippen LogP contribution in [0.15, 0.2) is 36.5 Å². The molecule has 0 aliphatic heterocycles. The molecule has 0 rings (SSSR count). The van der Waals surface area contributed by atoms with Crippen molar-refractivity contribution in [3.63, 3.8) is 0 Å². The van der Waals surface area contributed by atoms with Crippen LogP contribution >= 0.6 is 0 Å². The quantitative estimate of drug-likeness (QED) is 0.0384. The van der Waals surface area contributed by atoms with E-state index in [4.69, 9.17) is 9.84 Å². The minimum atomic E-state index is -0.713. The number of carboxylic acid groups (broad SMARTS) is 1. The van der Waals surface area contributed by atoms with Gasteiger partial charge in [-0.05, 0) is 57.4 Å². The van der Waals surface area contributed by atoms with Crippen LogP contribution < -0.4 is 0 Å². The van der Waals surface area contributed by atoms with Gasteiger partial charge < -0.3 is 9.84 Å². The van der Waals surface area contributed by atoms with E-state index in [0.717, 1.165) is 64.2 Å². The fraction of sp³-hybridized carbons (Fsp3) is 0.837. The van der Waals surface area contributed by atoms with Crippen LogP contribution in [0.4, 0.5) is 0 Å². The summed E-state index contributed by atoms with van der Waals surface area (Å²) in [5, 5.41) is 8.83. The van der Waals surface area contributed by atoms with E-state index in [1.165, 1.54) is 167 Å². The molecule has 0 saturated heterocycles. The minimum absolute atomic E-state index is 0.0661. The molecular weight excluding hydrogens is 653 g/mol. The highest BCUT2D eigenvalue weighted by molar-refractivity contribution is 5.69. The average Bonchev–Trinajstić information content (AvgIpc) is 3.14.